The Balaban J connectivity index is 1.59. The highest BCUT2D eigenvalue weighted by Crippen LogP contribution is 2.35. The average Bonchev–Trinajstić information content (AvgIpc) is 3.38. The molecule has 142 valence electrons. The van der Waals surface area contributed by atoms with Crippen LogP contribution in [0.1, 0.15) is 18.4 Å². The lowest BCUT2D eigenvalue weighted by atomic mass is 10.2. The van der Waals surface area contributed by atoms with Crippen LogP contribution in [0.15, 0.2) is 33.9 Å². The van der Waals surface area contributed by atoms with Gasteiger partial charge in [0.1, 0.15) is 10.3 Å². The van der Waals surface area contributed by atoms with Crippen molar-refractivity contribution in [2.45, 2.75) is 30.0 Å². The predicted molar refractivity (Wildman–Crippen MR) is 109 cm³/mol. The van der Waals surface area contributed by atoms with Crippen molar-refractivity contribution in [3.05, 3.63) is 40.2 Å². The van der Waals surface area contributed by atoms with Crippen molar-refractivity contribution < 1.29 is 13.2 Å². The third-order valence-electron chi connectivity index (χ3n) is 4.49. The maximum atomic E-state index is 12.8. The van der Waals surface area contributed by atoms with Gasteiger partial charge in [-0.15, -0.1) is 11.3 Å². The van der Waals surface area contributed by atoms with Gasteiger partial charge in [0.15, 0.2) is 5.13 Å². The van der Waals surface area contributed by atoms with E-state index in [1.54, 1.807) is 23.6 Å². The van der Waals surface area contributed by atoms with E-state index < -0.39 is 16.1 Å². The molecule has 6 nitrogen and oxygen atoms in total. The third-order valence-corrected chi connectivity index (χ3v) is 9.20. The molecule has 0 saturated carbocycles. The Kier molecular flexibility index (Phi) is 4.98. The smallest absolute Gasteiger partial charge is 0.253 e. The molecule has 1 atom stereocenters. The lowest BCUT2D eigenvalue weighted by Crippen LogP contribution is -2.42. The zero-order valence-electron chi connectivity index (χ0n) is 14.3. The molecule has 1 N–H and O–H groups in total. The molecule has 1 aliphatic heterocycles. The van der Waals surface area contributed by atoms with Gasteiger partial charge in [-0.05, 0) is 42.8 Å². The highest BCUT2D eigenvalue weighted by molar-refractivity contribution is 7.91. The van der Waals surface area contributed by atoms with Gasteiger partial charge >= 0.3 is 0 Å². The van der Waals surface area contributed by atoms with E-state index in [1.165, 1.54) is 15.6 Å². The monoisotopic (exact) mass is 441 g/mol. The number of rotatable bonds is 4. The second kappa shape index (κ2) is 7.14. The standard InChI is InChI=1S/C17H16ClN3O3S3/c1-10-6-7-11(18)15-14(10)19-17(26-15)20-16(22)12-4-2-8-21(12)27(23,24)13-5-3-9-25-13/h3,5-7,9,12H,2,4,8H2,1H3,(H,19,20,22)/t12-/m0/s1. The summed E-state index contributed by atoms with van der Waals surface area (Å²) in [6.45, 7) is 2.26. The summed E-state index contributed by atoms with van der Waals surface area (Å²) in [5.74, 6) is -0.361. The van der Waals surface area contributed by atoms with E-state index in [-0.39, 0.29) is 10.1 Å². The number of halogens is 1. The third kappa shape index (κ3) is 3.38. The number of aromatic nitrogens is 1. The summed E-state index contributed by atoms with van der Waals surface area (Å²) in [5.41, 5.74) is 1.71. The summed E-state index contributed by atoms with van der Waals surface area (Å²) in [6.07, 6.45) is 1.13. The van der Waals surface area contributed by atoms with E-state index in [0.717, 1.165) is 27.1 Å². The van der Waals surface area contributed by atoms with E-state index in [2.05, 4.69) is 10.3 Å². The number of hydrogen-bond donors (Lipinski definition) is 1. The number of carbonyl (C=O) groups excluding carboxylic acids is 1. The van der Waals surface area contributed by atoms with Crippen LogP contribution >= 0.6 is 34.3 Å². The van der Waals surface area contributed by atoms with Crippen molar-refractivity contribution in [2.75, 3.05) is 11.9 Å². The van der Waals surface area contributed by atoms with Gasteiger partial charge < -0.3 is 5.32 Å². The Morgan fingerprint density at radius 2 is 2.19 bits per heavy atom. The second-order valence-electron chi connectivity index (χ2n) is 6.26. The number of anilines is 1. The Morgan fingerprint density at radius 1 is 1.37 bits per heavy atom. The number of sulfonamides is 1. The molecule has 4 rings (SSSR count). The molecule has 1 aromatic carbocycles. The van der Waals surface area contributed by atoms with Gasteiger partial charge in [0, 0.05) is 6.54 Å². The highest BCUT2D eigenvalue weighted by atomic mass is 35.5. The molecule has 0 spiro atoms. The molecule has 2 aromatic heterocycles. The summed E-state index contributed by atoms with van der Waals surface area (Å²) in [6, 6.07) is 6.19. The van der Waals surface area contributed by atoms with Crippen LogP contribution in [0.2, 0.25) is 5.02 Å². The summed E-state index contributed by atoms with van der Waals surface area (Å²) in [5, 5.41) is 5.50. The van der Waals surface area contributed by atoms with Crippen molar-refractivity contribution >= 4 is 65.6 Å². The van der Waals surface area contributed by atoms with Crippen molar-refractivity contribution in [1.29, 1.82) is 0 Å². The van der Waals surface area contributed by atoms with Gasteiger partial charge in [-0.3, -0.25) is 4.79 Å². The van der Waals surface area contributed by atoms with Crippen LogP contribution in [0.5, 0.6) is 0 Å². The minimum absolute atomic E-state index is 0.254. The van der Waals surface area contributed by atoms with Crippen LogP contribution in [0.3, 0.4) is 0 Å². The zero-order valence-corrected chi connectivity index (χ0v) is 17.5. The Hall–Kier alpha value is -1.52. The van der Waals surface area contributed by atoms with Crippen LogP contribution in [0, 0.1) is 6.92 Å². The van der Waals surface area contributed by atoms with E-state index >= 15 is 0 Å². The van der Waals surface area contributed by atoms with Gasteiger partial charge in [0.2, 0.25) is 5.91 Å². The van der Waals surface area contributed by atoms with Gasteiger partial charge in [0.05, 0.1) is 15.2 Å². The first kappa shape index (κ1) is 18.8. The van der Waals surface area contributed by atoms with Crippen molar-refractivity contribution in [2.24, 2.45) is 0 Å². The molecule has 27 heavy (non-hydrogen) atoms. The molecule has 1 saturated heterocycles. The Morgan fingerprint density at radius 3 is 2.89 bits per heavy atom. The Bertz CT molecular complexity index is 1070. The van der Waals surface area contributed by atoms with Crippen LogP contribution in [-0.4, -0.2) is 36.2 Å². The molecule has 1 aliphatic rings. The van der Waals surface area contributed by atoms with Gasteiger partial charge in [0.25, 0.3) is 10.0 Å². The van der Waals surface area contributed by atoms with Gasteiger partial charge in [-0.2, -0.15) is 4.31 Å². The summed E-state index contributed by atoms with van der Waals surface area (Å²) in [4.78, 5) is 17.3. The average molecular weight is 442 g/mol. The van der Waals surface area contributed by atoms with Crippen LogP contribution in [0.25, 0.3) is 10.2 Å². The lowest BCUT2D eigenvalue weighted by Gasteiger charge is -2.22. The molecule has 0 radical (unpaired) electrons. The van der Waals surface area contributed by atoms with E-state index in [0.29, 0.717) is 29.5 Å². The fourth-order valence-electron chi connectivity index (χ4n) is 3.16. The number of nitrogens with zero attached hydrogens (tertiary/aromatic N) is 2. The molecular weight excluding hydrogens is 426 g/mol. The first-order valence-corrected chi connectivity index (χ1v) is 11.8. The quantitative estimate of drug-likeness (QED) is 0.660. The molecule has 0 aliphatic carbocycles. The number of nitrogens with one attached hydrogen (secondary N) is 1. The fraction of sp³-hybridized carbons (Fsp3) is 0.294. The fourth-order valence-corrected chi connectivity index (χ4v) is 7.15. The van der Waals surface area contributed by atoms with Gasteiger partial charge in [-0.1, -0.05) is 35.1 Å². The van der Waals surface area contributed by atoms with E-state index in [9.17, 15) is 13.2 Å². The summed E-state index contributed by atoms with van der Waals surface area (Å²) in [7, 11) is -3.67. The van der Waals surface area contributed by atoms with E-state index in [4.69, 9.17) is 11.6 Å². The SMILES string of the molecule is Cc1ccc(Cl)c2sc(NC(=O)[C@@H]3CCCN3S(=O)(=O)c3cccs3)nc12. The number of amides is 1. The number of carbonyl (C=O) groups is 1. The number of aryl methyl sites for hydroxylation is 1. The lowest BCUT2D eigenvalue weighted by molar-refractivity contribution is -0.119. The number of fused-ring (bicyclic) bond motifs is 1. The minimum Gasteiger partial charge on any atom is -0.301 e. The molecule has 1 amide bonds. The summed E-state index contributed by atoms with van der Waals surface area (Å²) < 4.78 is 28.0. The zero-order chi connectivity index (χ0) is 19.2. The second-order valence-corrected chi connectivity index (χ2v) is 10.7. The number of hydrogen-bond acceptors (Lipinski definition) is 6. The molecule has 10 heteroatoms. The summed E-state index contributed by atoms with van der Waals surface area (Å²) >= 11 is 8.66. The van der Waals surface area contributed by atoms with E-state index in [1.807, 2.05) is 13.0 Å². The molecular formula is C17H16ClN3O3S3. The number of thiophene rings is 1. The van der Waals surface area contributed by atoms with Crippen LogP contribution in [-0.2, 0) is 14.8 Å². The molecule has 0 bridgehead atoms. The van der Waals surface area contributed by atoms with Crippen molar-refractivity contribution in [3.63, 3.8) is 0 Å². The molecule has 3 heterocycles. The maximum Gasteiger partial charge on any atom is 0.253 e. The molecule has 1 fully saturated rings. The molecule has 0 unspecified atom stereocenters. The first-order chi connectivity index (χ1) is 12.9. The normalized spacial score (nSPS) is 18.2. The molecule has 3 aromatic rings. The van der Waals surface area contributed by atoms with Crippen molar-refractivity contribution in [1.82, 2.24) is 9.29 Å². The highest BCUT2D eigenvalue weighted by Gasteiger charge is 2.40. The van der Waals surface area contributed by atoms with Crippen LogP contribution in [0.4, 0.5) is 5.13 Å². The minimum atomic E-state index is -3.67. The van der Waals surface area contributed by atoms with Crippen molar-refractivity contribution in [3.8, 4) is 0 Å². The number of thiazole rings is 1. The predicted octanol–water partition coefficient (Wildman–Crippen LogP) is 4.11. The largest absolute Gasteiger partial charge is 0.301 e. The maximum absolute atomic E-state index is 12.8. The number of benzene rings is 1. The van der Waals surface area contributed by atoms with Gasteiger partial charge in [-0.25, -0.2) is 13.4 Å². The Labute approximate surface area is 169 Å². The first-order valence-electron chi connectivity index (χ1n) is 8.30. The topological polar surface area (TPSA) is 79.4 Å². The van der Waals surface area contributed by atoms with Crippen LogP contribution < -0.4 is 5.32 Å².